The zero-order valence-corrected chi connectivity index (χ0v) is 20.5. The first kappa shape index (κ1) is 28.1. The molecule has 0 bridgehead atoms. The fourth-order valence-corrected chi connectivity index (χ4v) is 4.55. The van der Waals surface area contributed by atoms with Gasteiger partial charge in [0.15, 0.2) is 6.10 Å². The van der Waals surface area contributed by atoms with Crippen molar-refractivity contribution >= 4 is 17.3 Å². The van der Waals surface area contributed by atoms with Gasteiger partial charge in [-0.05, 0) is 47.5 Å². The third-order valence-corrected chi connectivity index (χ3v) is 6.25. The molecule has 0 radical (unpaired) electrons. The largest absolute Gasteiger partial charge is 0.573 e. The smallest absolute Gasteiger partial charge is 0.465 e. The number of methoxy groups -OCH3 is 1. The fourth-order valence-electron chi connectivity index (χ4n) is 4.55. The molecule has 4 rings (SSSR count). The van der Waals surface area contributed by atoms with Crippen LogP contribution in [0.15, 0.2) is 72.8 Å². The van der Waals surface area contributed by atoms with Crippen LogP contribution in [0.4, 0.5) is 37.7 Å². The van der Waals surface area contributed by atoms with E-state index in [9.17, 15) is 36.2 Å². The summed E-state index contributed by atoms with van der Waals surface area (Å²) in [7, 11) is 1.20. The Morgan fingerprint density at radius 3 is 2.33 bits per heavy atom. The monoisotopic (exact) mass is 554 g/mol. The third-order valence-electron chi connectivity index (χ3n) is 6.25. The number of benzene rings is 3. The fraction of sp³-hybridized carbons (Fsp3) is 0.296. The van der Waals surface area contributed by atoms with Crippen molar-refractivity contribution in [3.8, 4) is 5.75 Å². The maximum atomic E-state index is 13.4. The number of esters is 1. The summed E-state index contributed by atoms with van der Waals surface area (Å²) in [6.45, 7) is -0.581. The van der Waals surface area contributed by atoms with Gasteiger partial charge in [-0.15, -0.1) is 13.2 Å². The molecular formula is C27H24F6N2O4. The number of para-hydroxylation sites is 2. The summed E-state index contributed by atoms with van der Waals surface area (Å²) in [6.07, 6.45) is -12.4. The second-order valence-electron chi connectivity index (χ2n) is 8.91. The van der Waals surface area contributed by atoms with Gasteiger partial charge in [-0.1, -0.05) is 36.4 Å². The van der Waals surface area contributed by atoms with Crippen LogP contribution >= 0.6 is 0 Å². The number of carbonyl (C=O) groups excluding carboxylic acids is 1. The highest BCUT2D eigenvalue weighted by molar-refractivity contribution is 5.89. The quantitative estimate of drug-likeness (QED) is 0.292. The maximum Gasteiger partial charge on any atom is 0.573 e. The zero-order valence-electron chi connectivity index (χ0n) is 20.5. The van der Waals surface area contributed by atoms with E-state index in [1.54, 1.807) is 42.5 Å². The number of rotatable bonds is 7. The third kappa shape index (κ3) is 6.75. The minimum atomic E-state index is -4.87. The first-order chi connectivity index (χ1) is 18.4. The molecule has 0 saturated heterocycles. The minimum absolute atomic E-state index is 0.0938. The number of halogens is 6. The summed E-state index contributed by atoms with van der Waals surface area (Å²) in [6, 6.07) is 17.5. The van der Waals surface area contributed by atoms with Gasteiger partial charge in [0.25, 0.3) is 0 Å². The molecule has 12 heteroatoms. The molecule has 1 N–H and O–H groups in total. The lowest BCUT2D eigenvalue weighted by atomic mass is 9.96. The Kier molecular flexibility index (Phi) is 7.96. The van der Waals surface area contributed by atoms with Gasteiger partial charge in [0.2, 0.25) is 0 Å². The van der Waals surface area contributed by atoms with Crippen molar-refractivity contribution in [1.29, 1.82) is 0 Å². The molecule has 1 aliphatic heterocycles. The van der Waals surface area contributed by atoms with E-state index in [2.05, 4.69) is 4.74 Å². The number of ether oxygens (including phenoxy) is 2. The Hall–Kier alpha value is -3.93. The van der Waals surface area contributed by atoms with Crippen LogP contribution in [0.5, 0.6) is 5.75 Å². The van der Waals surface area contributed by atoms with E-state index in [0.717, 1.165) is 0 Å². The Bertz CT molecular complexity index is 1310. The molecule has 0 saturated carbocycles. The van der Waals surface area contributed by atoms with Gasteiger partial charge in [0, 0.05) is 13.1 Å². The minimum Gasteiger partial charge on any atom is -0.465 e. The highest BCUT2D eigenvalue weighted by atomic mass is 19.4. The van der Waals surface area contributed by atoms with Gasteiger partial charge < -0.3 is 24.4 Å². The number of aliphatic hydroxyl groups is 1. The Morgan fingerprint density at radius 1 is 0.974 bits per heavy atom. The lowest BCUT2D eigenvalue weighted by molar-refractivity contribution is -0.274. The summed E-state index contributed by atoms with van der Waals surface area (Å²) in [5, 5.41) is 9.97. The number of β-amino-alcohol motifs (C(OH)–C–C–N with tert-alkyl or cyclic N) is 1. The Labute approximate surface area is 220 Å². The molecule has 6 nitrogen and oxygen atoms in total. The number of nitrogens with zero attached hydrogens (tertiary/aromatic N) is 2. The molecule has 0 spiro atoms. The van der Waals surface area contributed by atoms with Gasteiger partial charge in [-0.2, -0.15) is 13.2 Å². The van der Waals surface area contributed by atoms with E-state index >= 15 is 0 Å². The van der Waals surface area contributed by atoms with Gasteiger partial charge in [0.1, 0.15) is 5.75 Å². The number of carbonyl (C=O) groups is 1. The summed E-state index contributed by atoms with van der Waals surface area (Å²) in [4.78, 5) is 15.4. The molecule has 0 aliphatic carbocycles. The van der Waals surface area contributed by atoms with Crippen molar-refractivity contribution in [3.05, 3.63) is 89.5 Å². The second kappa shape index (κ2) is 11.0. The number of aliphatic hydroxyl groups excluding tert-OH is 1. The molecule has 39 heavy (non-hydrogen) atoms. The molecule has 0 fully saturated rings. The number of hydrogen-bond donors (Lipinski definition) is 1. The zero-order chi connectivity index (χ0) is 28.4. The average Bonchev–Trinajstić information content (AvgIpc) is 2.88. The summed E-state index contributed by atoms with van der Waals surface area (Å²) >= 11 is 0. The van der Waals surface area contributed by atoms with Crippen molar-refractivity contribution in [2.45, 2.75) is 31.2 Å². The average molecular weight is 554 g/mol. The van der Waals surface area contributed by atoms with Crippen LogP contribution in [0.2, 0.25) is 0 Å². The molecule has 1 aliphatic rings. The van der Waals surface area contributed by atoms with E-state index < -0.39 is 42.9 Å². The van der Waals surface area contributed by atoms with Crippen molar-refractivity contribution in [2.24, 2.45) is 0 Å². The topological polar surface area (TPSA) is 62.2 Å². The molecule has 0 unspecified atom stereocenters. The Balaban J connectivity index is 1.75. The molecule has 0 amide bonds. The van der Waals surface area contributed by atoms with Crippen LogP contribution in [0.3, 0.4) is 0 Å². The first-order valence-corrected chi connectivity index (χ1v) is 11.7. The van der Waals surface area contributed by atoms with E-state index in [1.807, 2.05) is 4.90 Å². The number of hydrogen-bond acceptors (Lipinski definition) is 6. The van der Waals surface area contributed by atoms with Crippen LogP contribution in [0.1, 0.15) is 27.5 Å². The van der Waals surface area contributed by atoms with Crippen LogP contribution in [0.25, 0.3) is 0 Å². The van der Waals surface area contributed by atoms with E-state index in [4.69, 9.17) is 4.74 Å². The highest BCUT2D eigenvalue weighted by Gasteiger charge is 2.42. The van der Waals surface area contributed by atoms with Gasteiger partial charge in [0.05, 0.1) is 36.6 Å². The summed E-state index contributed by atoms with van der Waals surface area (Å²) in [5.41, 5.74) is 2.05. The molecule has 2 atom stereocenters. The lowest BCUT2D eigenvalue weighted by Gasteiger charge is -2.45. The van der Waals surface area contributed by atoms with Crippen molar-refractivity contribution in [2.75, 3.05) is 30.0 Å². The lowest BCUT2D eigenvalue weighted by Crippen LogP contribution is -2.49. The molecule has 1 heterocycles. The molecule has 0 aromatic heterocycles. The second-order valence-corrected chi connectivity index (χ2v) is 8.91. The summed E-state index contributed by atoms with van der Waals surface area (Å²) in [5.74, 6) is -1.03. The SMILES string of the molecule is COC(=O)c1cccc([C@@H]2CN(Cc3cccc(OC(F)(F)F)c3)c3ccccc3N2C[C@@H](O)C(F)(F)F)c1. The first-order valence-electron chi connectivity index (χ1n) is 11.7. The van der Waals surface area contributed by atoms with Crippen molar-refractivity contribution in [3.63, 3.8) is 0 Å². The van der Waals surface area contributed by atoms with Gasteiger partial charge in [-0.25, -0.2) is 4.79 Å². The Morgan fingerprint density at radius 2 is 1.67 bits per heavy atom. The predicted octanol–water partition coefficient (Wildman–Crippen LogP) is 5.86. The highest BCUT2D eigenvalue weighted by Crippen LogP contribution is 2.42. The standard InChI is InChI=1S/C27H24F6N2O4/c1-38-25(37)19-8-5-7-18(13-19)23-15-34(14-17-6-4-9-20(12-17)39-27(31,32)33)21-10-2-3-11-22(21)35(23)16-24(36)26(28,29)30/h2-13,23-24,36H,14-16H2,1H3/t23-,24+/m0/s1. The molecule has 3 aromatic carbocycles. The van der Waals surface area contributed by atoms with Crippen LogP contribution in [-0.4, -0.2) is 49.9 Å². The van der Waals surface area contributed by atoms with Gasteiger partial charge >= 0.3 is 18.5 Å². The van der Waals surface area contributed by atoms with E-state index in [1.165, 1.54) is 42.3 Å². The normalized spacial score (nSPS) is 16.5. The van der Waals surface area contributed by atoms with Crippen molar-refractivity contribution < 1.29 is 45.7 Å². The van der Waals surface area contributed by atoms with Crippen LogP contribution in [0, 0.1) is 0 Å². The van der Waals surface area contributed by atoms with E-state index in [-0.39, 0.29) is 18.7 Å². The number of anilines is 2. The molecule has 3 aromatic rings. The number of fused-ring (bicyclic) bond motifs is 1. The van der Waals surface area contributed by atoms with Gasteiger partial charge in [-0.3, -0.25) is 0 Å². The van der Waals surface area contributed by atoms with E-state index in [0.29, 0.717) is 22.5 Å². The van der Waals surface area contributed by atoms with Crippen molar-refractivity contribution in [1.82, 2.24) is 0 Å². The van der Waals surface area contributed by atoms with Crippen LogP contribution in [-0.2, 0) is 11.3 Å². The predicted molar refractivity (Wildman–Crippen MR) is 131 cm³/mol. The molecule has 208 valence electrons. The maximum absolute atomic E-state index is 13.4. The number of alkyl halides is 6. The van der Waals surface area contributed by atoms with Crippen LogP contribution < -0.4 is 14.5 Å². The summed E-state index contributed by atoms with van der Waals surface area (Å²) < 4.78 is 87.2. The molecular weight excluding hydrogens is 530 g/mol.